The van der Waals surface area contributed by atoms with E-state index in [4.69, 9.17) is 4.74 Å². The van der Waals surface area contributed by atoms with Crippen LogP contribution in [0.4, 0.5) is 0 Å². The third-order valence-electron chi connectivity index (χ3n) is 5.92. The van der Waals surface area contributed by atoms with Crippen LogP contribution >= 0.6 is 0 Å². The van der Waals surface area contributed by atoms with E-state index in [1.54, 1.807) is 6.07 Å². The van der Waals surface area contributed by atoms with E-state index in [0.717, 1.165) is 63.1 Å². The first kappa shape index (κ1) is 23.1. The molecular weight excluding hydrogens is 390 g/mol. The summed E-state index contributed by atoms with van der Waals surface area (Å²) in [6, 6.07) is 11.6. The van der Waals surface area contributed by atoms with Crippen LogP contribution in [-0.4, -0.2) is 36.1 Å². The molecule has 1 saturated heterocycles. The van der Waals surface area contributed by atoms with Gasteiger partial charge in [-0.15, -0.1) is 0 Å². The standard InChI is InChI=1S/C23H29N3O3.C2H6/c27-22(24-15-17-6-2-1-3-7-17)19-14-21(26-11-5-4-8-20(19)26)23(28)25-16-18-9-12-29-13-10-18;1-2/h1-3,6-7,14,18H,4-5,8-13,15-16H2,(H,24,27)(H,25,28);1-2H3. The maximum atomic E-state index is 12.9. The Hall–Kier alpha value is -2.60. The van der Waals surface area contributed by atoms with Crippen LogP contribution in [0.5, 0.6) is 0 Å². The van der Waals surface area contributed by atoms with Crippen molar-refractivity contribution in [2.24, 2.45) is 5.92 Å². The summed E-state index contributed by atoms with van der Waals surface area (Å²) in [6.07, 6.45) is 4.89. The molecule has 2 aliphatic rings. The van der Waals surface area contributed by atoms with Crippen molar-refractivity contribution in [2.45, 2.75) is 59.0 Å². The molecule has 6 nitrogen and oxygen atoms in total. The summed E-state index contributed by atoms with van der Waals surface area (Å²) in [5.41, 5.74) is 3.29. The highest BCUT2D eigenvalue weighted by Gasteiger charge is 2.26. The molecule has 0 radical (unpaired) electrons. The van der Waals surface area contributed by atoms with Crippen molar-refractivity contribution >= 4 is 11.8 Å². The molecule has 1 fully saturated rings. The molecule has 0 unspecified atom stereocenters. The van der Waals surface area contributed by atoms with E-state index in [1.165, 1.54) is 0 Å². The number of aromatic nitrogens is 1. The molecule has 0 spiro atoms. The van der Waals surface area contributed by atoms with Crippen molar-refractivity contribution in [1.82, 2.24) is 15.2 Å². The summed E-state index contributed by atoms with van der Waals surface area (Å²) in [5.74, 6) is 0.280. The smallest absolute Gasteiger partial charge is 0.267 e. The third kappa shape index (κ3) is 5.97. The molecule has 0 aliphatic carbocycles. The lowest BCUT2D eigenvalue weighted by atomic mass is 10.0. The minimum absolute atomic E-state index is 0.0817. The van der Waals surface area contributed by atoms with E-state index < -0.39 is 0 Å². The van der Waals surface area contributed by atoms with Gasteiger partial charge in [-0.25, -0.2) is 0 Å². The highest BCUT2D eigenvalue weighted by Crippen LogP contribution is 2.24. The Morgan fingerprint density at radius 2 is 1.77 bits per heavy atom. The molecule has 1 aromatic heterocycles. The maximum absolute atomic E-state index is 12.9. The Bertz CT molecular complexity index is 854. The van der Waals surface area contributed by atoms with Crippen molar-refractivity contribution in [1.29, 1.82) is 0 Å². The molecule has 3 heterocycles. The summed E-state index contributed by atoms with van der Waals surface area (Å²) in [7, 11) is 0. The molecule has 2 amide bonds. The first-order valence-electron chi connectivity index (χ1n) is 11.6. The van der Waals surface area contributed by atoms with Crippen LogP contribution in [0.3, 0.4) is 0 Å². The quantitative estimate of drug-likeness (QED) is 0.736. The van der Waals surface area contributed by atoms with Gasteiger partial charge in [0.2, 0.25) is 0 Å². The summed E-state index contributed by atoms with van der Waals surface area (Å²) in [5, 5.41) is 6.09. The largest absolute Gasteiger partial charge is 0.381 e. The number of amides is 2. The molecule has 31 heavy (non-hydrogen) atoms. The minimum atomic E-state index is -0.108. The van der Waals surface area contributed by atoms with E-state index in [1.807, 2.05) is 48.7 Å². The topological polar surface area (TPSA) is 72.4 Å². The van der Waals surface area contributed by atoms with Crippen LogP contribution < -0.4 is 10.6 Å². The molecule has 0 bridgehead atoms. The number of rotatable bonds is 6. The van der Waals surface area contributed by atoms with Crippen LogP contribution in [0.25, 0.3) is 0 Å². The molecule has 6 heteroatoms. The number of fused-ring (bicyclic) bond motifs is 1. The maximum Gasteiger partial charge on any atom is 0.267 e. The first-order valence-corrected chi connectivity index (χ1v) is 11.6. The number of carbonyl (C=O) groups excluding carboxylic acids is 2. The molecule has 1 aromatic carbocycles. The van der Waals surface area contributed by atoms with Gasteiger partial charge < -0.3 is 19.9 Å². The van der Waals surface area contributed by atoms with Gasteiger partial charge in [-0.05, 0) is 49.7 Å². The van der Waals surface area contributed by atoms with E-state index in [-0.39, 0.29) is 11.8 Å². The van der Waals surface area contributed by atoms with Gasteiger partial charge in [0, 0.05) is 38.5 Å². The average Bonchev–Trinajstić information content (AvgIpc) is 3.24. The zero-order valence-corrected chi connectivity index (χ0v) is 18.8. The normalized spacial score (nSPS) is 15.9. The van der Waals surface area contributed by atoms with Gasteiger partial charge in [0.25, 0.3) is 11.8 Å². The zero-order valence-electron chi connectivity index (χ0n) is 18.8. The van der Waals surface area contributed by atoms with E-state index >= 15 is 0 Å². The lowest BCUT2D eigenvalue weighted by Crippen LogP contribution is -2.33. The van der Waals surface area contributed by atoms with Gasteiger partial charge in [0.05, 0.1) is 5.56 Å². The second-order valence-corrected chi connectivity index (χ2v) is 7.93. The van der Waals surface area contributed by atoms with E-state index in [9.17, 15) is 9.59 Å². The van der Waals surface area contributed by atoms with Gasteiger partial charge in [0.1, 0.15) is 5.69 Å². The van der Waals surface area contributed by atoms with Gasteiger partial charge in [-0.3, -0.25) is 9.59 Å². The first-order chi connectivity index (χ1) is 15.2. The monoisotopic (exact) mass is 425 g/mol. The van der Waals surface area contributed by atoms with E-state index in [2.05, 4.69) is 10.6 Å². The summed E-state index contributed by atoms with van der Waals surface area (Å²) < 4.78 is 7.43. The number of hydrogen-bond acceptors (Lipinski definition) is 3. The average molecular weight is 426 g/mol. The Balaban J connectivity index is 0.00000132. The number of carbonyl (C=O) groups is 2. The van der Waals surface area contributed by atoms with Crippen molar-refractivity contribution < 1.29 is 14.3 Å². The molecule has 0 saturated carbocycles. The number of nitrogens with one attached hydrogen (secondary N) is 2. The minimum Gasteiger partial charge on any atom is -0.381 e. The Morgan fingerprint density at radius 1 is 1.03 bits per heavy atom. The lowest BCUT2D eigenvalue weighted by Gasteiger charge is -2.23. The second kappa shape index (κ2) is 11.7. The number of benzene rings is 1. The van der Waals surface area contributed by atoms with Crippen LogP contribution in [0, 0.1) is 5.92 Å². The van der Waals surface area contributed by atoms with Crippen LogP contribution in [-0.2, 0) is 24.2 Å². The molecule has 2 aliphatic heterocycles. The second-order valence-electron chi connectivity index (χ2n) is 7.93. The molecule has 4 rings (SSSR count). The molecule has 168 valence electrons. The fourth-order valence-electron chi connectivity index (χ4n) is 4.21. The van der Waals surface area contributed by atoms with Gasteiger partial charge in [-0.2, -0.15) is 0 Å². The molecule has 2 N–H and O–H groups in total. The van der Waals surface area contributed by atoms with Gasteiger partial charge in [0.15, 0.2) is 0 Å². The third-order valence-corrected chi connectivity index (χ3v) is 5.92. The predicted molar refractivity (Wildman–Crippen MR) is 122 cm³/mol. The molecule has 0 atom stereocenters. The van der Waals surface area contributed by atoms with Gasteiger partial charge in [-0.1, -0.05) is 44.2 Å². The van der Waals surface area contributed by atoms with E-state index in [0.29, 0.717) is 30.3 Å². The fraction of sp³-hybridized carbons (Fsp3) is 0.520. The summed E-state index contributed by atoms with van der Waals surface area (Å²) in [4.78, 5) is 25.7. The number of ether oxygens (including phenoxy) is 1. The predicted octanol–water partition coefficient (Wildman–Crippen LogP) is 3.94. The van der Waals surface area contributed by atoms with Crippen molar-refractivity contribution in [3.63, 3.8) is 0 Å². The lowest BCUT2D eigenvalue weighted by molar-refractivity contribution is 0.0641. The highest BCUT2D eigenvalue weighted by atomic mass is 16.5. The van der Waals surface area contributed by atoms with Crippen LogP contribution in [0.15, 0.2) is 36.4 Å². The highest BCUT2D eigenvalue weighted by molar-refractivity contribution is 6.00. The SMILES string of the molecule is CC.O=C(NCc1ccccc1)c1cc(C(=O)NCC2CCOCC2)n2c1CCCC2. The van der Waals surface area contributed by atoms with Gasteiger partial charge >= 0.3 is 0 Å². The molecular formula is C25H35N3O3. The molecule has 2 aromatic rings. The summed E-state index contributed by atoms with van der Waals surface area (Å²) >= 11 is 0. The van der Waals surface area contributed by atoms with Crippen LogP contribution in [0.2, 0.25) is 0 Å². The van der Waals surface area contributed by atoms with Crippen molar-refractivity contribution in [3.8, 4) is 0 Å². The summed E-state index contributed by atoms with van der Waals surface area (Å²) in [6.45, 7) is 7.48. The zero-order chi connectivity index (χ0) is 22.1. The van der Waals surface area contributed by atoms with Crippen molar-refractivity contribution in [2.75, 3.05) is 19.8 Å². The number of nitrogens with zero attached hydrogens (tertiary/aromatic N) is 1. The van der Waals surface area contributed by atoms with Crippen LogP contribution in [0.1, 0.15) is 71.6 Å². The number of hydrogen-bond donors (Lipinski definition) is 2. The Kier molecular flexibility index (Phi) is 8.71. The Morgan fingerprint density at radius 3 is 2.52 bits per heavy atom. The fourth-order valence-corrected chi connectivity index (χ4v) is 4.21. The Labute approximate surface area is 185 Å². The van der Waals surface area contributed by atoms with Crippen molar-refractivity contribution in [3.05, 3.63) is 58.9 Å².